The predicted molar refractivity (Wildman–Crippen MR) is 130 cm³/mol. The summed E-state index contributed by atoms with van der Waals surface area (Å²) in [6, 6.07) is 29.7. The second-order valence-corrected chi connectivity index (χ2v) is 8.06. The normalized spacial score (nSPS) is 12.6. The number of amides is 1. The number of hydrogen-bond acceptors (Lipinski definition) is 4. The number of benzene rings is 3. The molecule has 0 fully saturated rings. The van der Waals surface area contributed by atoms with Crippen molar-refractivity contribution in [3.63, 3.8) is 0 Å². The molecule has 3 aromatic carbocycles. The third kappa shape index (κ3) is 4.11. The quantitative estimate of drug-likeness (QED) is 0.427. The van der Waals surface area contributed by atoms with Gasteiger partial charge in [0.05, 0.1) is 6.54 Å². The molecule has 1 amide bonds. The van der Waals surface area contributed by atoms with Gasteiger partial charge in [0, 0.05) is 23.4 Å². The molecule has 1 N–H and O–H groups in total. The lowest BCUT2D eigenvalue weighted by Gasteiger charge is -2.30. The monoisotopic (exact) mass is 433 g/mol. The highest BCUT2D eigenvalue weighted by molar-refractivity contribution is 5.97. The number of para-hydroxylation sites is 1. The minimum absolute atomic E-state index is 0.186. The van der Waals surface area contributed by atoms with Gasteiger partial charge in [0.25, 0.3) is 0 Å². The van der Waals surface area contributed by atoms with Crippen molar-refractivity contribution in [1.82, 2.24) is 0 Å². The van der Waals surface area contributed by atoms with E-state index in [1.54, 1.807) is 0 Å². The summed E-state index contributed by atoms with van der Waals surface area (Å²) < 4.78 is 6.13. The summed E-state index contributed by atoms with van der Waals surface area (Å²) in [5, 5.41) is 12.9. The summed E-state index contributed by atoms with van der Waals surface area (Å²) in [6.45, 7) is 1.02. The fourth-order valence-electron chi connectivity index (χ4n) is 4.41. The fraction of sp³-hybridized carbons (Fsp3) is 0.143. The van der Waals surface area contributed by atoms with Crippen molar-refractivity contribution in [2.75, 3.05) is 23.3 Å². The number of rotatable bonds is 5. The van der Waals surface area contributed by atoms with Crippen molar-refractivity contribution in [2.45, 2.75) is 12.8 Å². The molecule has 1 aliphatic heterocycles. The third-order valence-electron chi connectivity index (χ3n) is 5.91. The molecule has 2 heterocycles. The molecular weight excluding hydrogens is 410 g/mol. The molecule has 0 atom stereocenters. The highest BCUT2D eigenvalue weighted by Gasteiger charge is 2.25. The summed E-state index contributed by atoms with van der Waals surface area (Å²) >= 11 is 0. The number of carbonyl (C=O) groups is 1. The molecule has 0 radical (unpaired) electrons. The van der Waals surface area contributed by atoms with E-state index < -0.39 is 0 Å². The number of nitrogens with one attached hydrogen (secondary N) is 1. The largest absolute Gasteiger partial charge is 0.438 e. The van der Waals surface area contributed by atoms with E-state index in [4.69, 9.17) is 4.42 Å². The van der Waals surface area contributed by atoms with Crippen molar-refractivity contribution in [1.29, 1.82) is 5.26 Å². The zero-order valence-electron chi connectivity index (χ0n) is 18.1. The first kappa shape index (κ1) is 20.6. The van der Waals surface area contributed by atoms with E-state index in [2.05, 4.69) is 28.4 Å². The number of hydrogen-bond donors (Lipinski definition) is 1. The molecule has 4 aromatic rings. The molecular formula is C28H23N3O2. The molecule has 0 unspecified atom stereocenters. The molecule has 1 aliphatic rings. The zero-order chi connectivity index (χ0) is 22.6. The van der Waals surface area contributed by atoms with Gasteiger partial charge in [-0.25, -0.2) is 0 Å². The number of aryl methyl sites for hydroxylation is 1. The van der Waals surface area contributed by atoms with Gasteiger partial charge in [0.15, 0.2) is 0 Å². The second-order valence-electron chi connectivity index (χ2n) is 8.06. The van der Waals surface area contributed by atoms with Crippen LogP contribution in [-0.2, 0) is 11.2 Å². The Kier molecular flexibility index (Phi) is 5.65. The third-order valence-corrected chi connectivity index (χ3v) is 5.91. The number of anilines is 2. The van der Waals surface area contributed by atoms with Crippen LogP contribution in [0.4, 0.5) is 11.6 Å². The lowest BCUT2D eigenvalue weighted by atomic mass is 9.98. The van der Waals surface area contributed by atoms with E-state index >= 15 is 0 Å². The maximum Gasteiger partial charge on any atom is 0.246 e. The highest BCUT2D eigenvalue weighted by atomic mass is 16.4. The van der Waals surface area contributed by atoms with Crippen molar-refractivity contribution in [3.05, 3.63) is 96.1 Å². The Balaban J connectivity index is 1.48. The van der Waals surface area contributed by atoms with Crippen molar-refractivity contribution < 1.29 is 9.21 Å². The smallest absolute Gasteiger partial charge is 0.246 e. The van der Waals surface area contributed by atoms with Crippen LogP contribution in [0.15, 0.2) is 89.3 Å². The van der Waals surface area contributed by atoms with Gasteiger partial charge in [0.2, 0.25) is 11.8 Å². The first-order chi connectivity index (χ1) is 16.2. The van der Waals surface area contributed by atoms with Crippen LogP contribution >= 0.6 is 0 Å². The summed E-state index contributed by atoms with van der Waals surface area (Å²) in [5.74, 6) is 0.540. The number of furan rings is 1. The Morgan fingerprint density at radius 1 is 0.939 bits per heavy atom. The highest BCUT2D eigenvalue weighted by Crippen LogP contribution is 2.41. The Morgan fingerprint density at radius 3 is 2.33 bits per heavy atom. The predicted octanol–water partition coefficient (Wildman–Crippen LogP) is 5.88. The number of fused-ring (bicyclic) bond motifs is 1. The van der Waals surface area contributed by atoms with E-state index in [-0.39, 0.29) is 18.3 Å². The van der Waals surface area contributed by atoms with E-state index in [9.17, 15) is 10.1 Å². The molecule has 0 spiro atoms. The van der Waals surface area contributed by atoms with Gasteiger partial charge in [0.1, 0.15) is 17.4 Å². The second kappa shape index (κ2) is 9.05. The first-order valence-electron chi connectivity index (χ1n) is 11.0. The Bertz CT molecular complexity index is 1320. The molecule has 5 rings (SSSR count). The molecule has 0 aliphatic carbocycles. The standard InChI is InChI=1S/C28H23N3O2/c29-18-23-26(21-11-3-1-4-12-21)27(22-13-5-2-6-14-22)33-28(23)30-25(32)19-31-17-9-15-20-10-7-8-16-24(20)31/h1-8,10-14,16H,9,15,17,19H2,(H,30,32). The van der Waals surface area contributed by atoms with Gasteiger partial charge >= 0.3 is 0 Å². The van der Waals surface area contributed by atoms with Gasteiger partial charge in [-0.1, -0.05) is 78.9 Å². The average molecular weight is 434 g/mol. The summed E-state index contributed by atoms with van der Waals surface area (Å²) in [7, 11) is 0. The van der Waals surface area contributed by atoms with Gasteiger partial charge in [-0.15, -0.1) is 0 Å². The molecule has 5 nitrogen and oxygen atoms in total. The van der Waals surface area contributed by atoms with Crippen LogP contribution in [-0.4, -0.2) is 19.0 Å². The van der Waals surface area contributed by atoms with Crippen molar-refractivity contribution in [3.8, 4) is 28.5 Å². The minimum Gasteiger partial charge on any atom is -0.438 e. The maximum atomic E-state index is 13.0. The summed E-state index contributed by atoms with van der Waals surface area (Å²) in [4.78, 5) is 15.1. The summed E-state index contributed by atoms with van der Waals surface area (Å²) in [5.41, 5.74) is 5.06. The van der Waals surface area contributed by atoms with Gasteiger partial charge in [-0.3, -0.25) is 10.1 Å². The van der Waals surface area contributed by atoms with Crippen LogP contribution in [0.2, 0.25) is 0 Å². The lowest BCUT2D eigenvalue weighted by molar-refractivity contribution is -0.115. The molecule has 33 heavy (non-hydrogen) atoms. The molecule has 162 valence electrons. The average Bonchev–Trinajstić information content (AvgIpc) is 3.23. The number of carbonyl (C=O) groups excluding carboxylic acids is 1. The van der Waals surface area contributed by atoms with Crippen molar-refractivity contribution in [2.24, 2.45) is 0 Å². The van der Waals surface area contributed by atoms with Crippen molar-refractivity contribution >= 4 is 17.5 Å². The SMILES string of the molecule is N#Cc1c(NC(=O)CN2CCCc3ccccc32)oc(-c2ccccc2)c1-c1ccccc1. The van der Waals surface area contributed by atoms with E-state index in [1.165, 1.54) is 5.56 Å². The molecule has 0 saturated heterocycles. The fourth-order valence-corrected chi connectivity index (χ4v) is 4.41. The van der Waals surface area contributed by atoms with Crippen LogP contribution < -0.4 is 10.2 Å². The van der Waals surface area contributed by atoms with Crippen LogP contribution in [0.1, 0.15) is 17.5 Å². The minimum atomic E-state index is -0.212. The van der Waals surface area contributed by atoms with E-state index in [0.29, 0.717) is 16.9 Å². The first-order valence-corrected chi connectivity index (χ1v) is 11.0. The topological polar surface area (TPSA) is 69.3 Å². The Hall–Kier alpha value is -4.30. The van der Waals surface area contributed by atoms with Crippen LogP contribution in [0.3, 0.4) is 0 Å². The van der Waals surface area contributed by atoms with Gasteiger partial charge < -0.3 is 9.32 Å². The molecule has 0 bridgehead atoms. The maximum absolute atomic E-state index is 13.0. The zero-order valence-corrected chi connectivity index (χ0v) is 18.1. The Labute approximate surface area is 192 Å². The van der Waals surface area contributed by atoms with E-state index in [0.717, 1.165) is 36.2 Å². The molecule has 5 heteroatoms. The van der Waals surface area contributed by atoms with Crippen LogP contribution in [0, 0.1) is 11.3 Å². The van der Waals surface area contributed by atoms with E-state index in [1.807, 2.05) is 72.8 Å². The number of nitrogens with zero attached hydrogens (tertiary/aromatic N) is 2. The molecule has 0 saturated carbocycles. The van der Waals surface area contributed by atoms with Gasteiger partial charge in [-0.05, 0) is 30.0 Å². The van der Waals surface area contributed by atoms with Crippen LogP contribution in [0.5, 0.6) is 0 Å². The number of nitriles is 1. The van der Waals surface area contributed by atoms with Crippen LogP contribution in [0.25, 0.3) is 22.5 Å². The Morgan fingerprint density at radius 2 is 1.61 bits per heavy atom. The lowest BCUT2D eigenvalue weighted by Crippen LogP contribution is -2.36. The molecule has 1 aromatic heterocycles. The summed E-state index contributed by atoms with van der Waals surface area (Å²) in [6.07, 6.45) is 2.02. The van der Waals surface area contributed by atoms with Gasteiger partial charge in [-0.2, -0.15) is 5.26 Å².